The molecule has 3 heterocycles. The molecule has 0 fully saturated rings. The fourth-order valence-corrected chi connectivity index (χ4v) is 7.35. The van der Waals surface area contributed by atoms with E-state index in [0.29, 0.717) is 17.5 Å². The molecular formula is C45H30N4O. The van der Waals surface area contributed by atoms with E-state index in [1.807, 2.05) is 30.3 Å². The van der Waals surface area contributed by atoms with Gasteiger partial charge in [-0.1, -0.05) is 109 Å². The van der Waals surface area contributed by atoms with Crippen LogP contribution in [-0.4, -0.2) is 19.5 Å². The van der Waals surface area contributed by atoms with E-state index in [4.69, 9.17) is 19.4 Å². The Kier molecular flexibility index (Phi) is 6.56. The maximum atomic E-state index is 6.56. The molecule has 9 aromatic rings. The lowest BCUT2D eigenvalue weighted by molar-refractivity contribution is 0.669. The molecule has 5 nitrogen and oxygen atoms in total. The van der Waals surface area contributed by atoms with Gasteiger partial charge in [-0.25, -0.2) is 15.0 Å². The molecule has 1 aliphatic carbocycles. The third kappa shape index (κ3) is 4.66. The van der Waals surface area contributed by atoms with Crippen LogP contribution >= 0.6 is 0 Å². The molecule has 0 atom stereocenters. The molecule has 0 spiro atoms. The fourth-order valence-electron chi connectivity index (χ4n) is 7.35. The van der Waals surface area contributed by atoms with E-state index in [9.17, 15) is 0 Å². The summed E-state index contributed by atoms with van der Waals surface area (Å²) in [5, 5.41) is 4.61. The Morgan fingerprint density at radius 3 is 2.10 bits per heavy atom. The Bertz CT molecular complexity index is 2810. The minimum absolute atomic E-state index is 0.632. The Morgan fingerprint density at radius 1 is 0.520 bits per heavy atom. The number of nitrogens with zero attached hydrogens (tertiary/aromatic N) is 4. The monoisotopic (exact) mass is 642 g/mol. The van der Waals surface area contributed by atoms with Gasteiger partial charge >= 0.3 is 0 Å². The summed E-state index contributed by atoms with van der Waals surface area (Å²) in [7, 11) is 0. The molecular weight excluding hydrogens is 613 g/mol. The van der Waals surface area contributed by atoms with Crippen LogP contribution in [0.5, 0.6) is 0 Å². The van der Waals surface area contributed by atoms with Gasteiger partial charge in [0.05, 0.1) is 11.0 Å². The molecule has 1 aliphatic rings. The van der Waals surface area contributed by atoms with Gasteiger partial charge in [0.15, 0.2) is 17.5 Å². The normalized spacial score (nSPS) is 13.1. The summed E-state index contributed by atoms with van der Waals surface area (Å²) in [5.41, 5.74) is 10.4. The predicted octanol–water partition coefficient (Wildman–Crippen LogP) is 11.6. The van der Waals surface area contributed by atoms with Crippen LogP contribution in [0.25, 0.3) is 88.9 Å². The van der Waals surface area contributed by atoms with Crippen molar-refractivity contribution < 1.29 is 4.42 Å². The summed E-state index contributed by atoms with van der Waals surface area (Å²) in [6.07, 6.45) is 8.25. The second kappa shape index (κ2) is 11.5. The molecule has 3 aromatic heterocycles. The maximum absolute atomic E-state index is 6.56. The van der Waals surface area contributed by atoms with Gasteiger partial charge in [-0.05, 0) is 78.1 Å². The van der Waals surface area contributed by atoms with Crippen molar-refractivity contribution in [1.29, 1.82) is 0 Å². The van der Waals surface area contributed by atoms with E-state index < -0.39 is 0 Å². The molecule has 0 N–H and O–H groups in total. The molecule has 0 radical (unpaired) electrons. The van der Waals surface area contributed by atoms with Crippen molar-refractivity contribution in [3.05, 3.63) is 164 Å². The zero-order chi connectivity index (χ0) is 33.0. The third-order valence-electron chi connectivity index (χ3n) is 9.72. The molecule has 0 saturated heterocycles. The molecule has 6 aromatic carbocycles. The quantitative estimate of drug-likeness (QED) is 0.187. The zero-order valence-electron chi connectivity index (χ0n) is 27.1. The summed E-state index contributed by atoms with van der Waals surface area (Å²) >= 11 is 0. The third-order valence-corrected chi connectivity index (χ3v) is 9.72. The largest absolute Gasteiger partial charge is 0.456 e. The average molecular weight is 643 g/mol. The first kappa shape index (κ1) is 28.4. The average Bonchev–Trinajstić information content (AvgIpc) is 3.74. The maximum Gasteiger partial charge on any atom is 0.164 e. The number of furan rings is 1. The molecule has 236 valence electrons. The van der Waals surface area contributed by atoms with Crippen LogP contribution in [0.3, 0.4) is 0 Å². The van der Waals surface area contributed by atoms with Crippen molar-refractivity contribution >= 4 is 49.3 Å². The van der Waals surface area contributed by atoms with Crippen LogP contribution in [0.4, 0.5) is 0 Å². The number of para-hydroxylation sites is 2. The van der Waals surface area contributed by atoms with Crippen LogP contribution in [0.1, 0.15) is 18.7 Å². The predicted molar refractivity (Wildman–Crippen MR) is 204 cm³/mol. The van der Waals surface area contributed by atoms with E-state index in [2.05, 4.69) is 132 Å². The highest BCUT2D eigenvalue weighted by Gasteiger charge is 2.19. The standard InChI is InChI=1S/C45H30N4O/c1-4-13-29(14-5-1)43-46-44(30-15-6-2-7-16-30)48-45(47-43)32-23-25-36-41(28-32)50-40-22-12-20-34(42(36)40)31-24-26-39-37(27-31)35-19-10-11-21-38(35)49(39)33-17-8-3-9-18-33/h1-6,8-15,17-28H,7,16H2. The number of rotatable bonds is 5. The molecule has 0 aliphatic heterocycles. The van der Waals surface area contributed by atoms with Crippen LogP contribution in [0, 0.1) is 0 Å². The van der Waals surface area contributed by atoms with Gasteiger partial charge in [0.1, 0.15) is 11.2 Å². The summed E-state index contributed by atoms with van der Waals surface area (Å²) in [6.45, 7) is 0. The van der Waals surface area contributed by atoms with Crippen molar-refractivity contribution in [2.75, 3.05) is 0 Å². The molecule has 5 heteroatoms. The van der Waals surface area contributed by atoms with E-state index >= 15 is 0 Å². The number of hydrogen-bond acceptors (Lipinski definition) is 4. The Morgan fingerprint density at radius 2 is 1.26 bits per heavy atom. The number of allylic oxidation sites excluding steroid dienone is 4. The summed E-state index contributed by atoms with van der Waals surface area (Å²) in [4.78, 5) is 14.9. The van der Waals surface area contributed by atoms with Gasteiger partial charge in [-0.3, -0.25) is 0 Å². The minimum atomic E-state index is 0.632. The van der Waals surface area contributed by atoms with E-state index in [0.717, 1.165) is 68.3 Å². The zero-order valence-corrected chi connectivity index (χ0v) is 27.1. The van der Waals surface area contributed by atoms with Crippen LogP contribution in [-0.2, 0) is 0 Å². The minimum Gasteiger partial charge on any atom is -0.456 e. The van der Waals surface area contributed by atoms with Crippen molar-refractivity contribution in [3.63, 3.8) is 0 Å². The first-order valence-electron chi connectivity index (χ1n) is 17.0. The van der Waals surface area contributed by atoms with Gasteiger partial charge in [0, 0.05) is 38.4 Å². The highest BCUT2D eigenvalue weighted by atomic mass is 16.3. The van der Waals surface area contributed by atoms with Gasteiger partial charge in [-0.15, -0.1) is 0 Å². The van der Waals surface area contributed by atoms with Crippen LogP contribution in [0.2, 0.25) is 0 Å². The van der Waals surface area contributed by atoms with Gasteiger partial charge in [-0.2, -0.15) is 0 Å². The number of hydrogen-bond donors (Lipinski definition) is 0. The number of benzene rings is 6. The first-order chi connectivity index (χ1) is 24.8. The van der Waals surface area contributed by atoms with Gasteiger partial charge in [0.2, 0.25) is 0 Å². The van der Waals surface area contributed by atoms with Crippen molar-refractivity contribution in [3.8, 4) is 39.6 Å². The molecule has 0 unspecified atom stereocenters. The van der Waals surface area contributed by atoms with E-state index in [1.54, 1.807) is 0 Å². The molecule has 0 bridgehead atoms. The molecule has 0 saturated carbocycles. The van der Waals surface area contributed by atoms with Crippen molar-refractivity contribution in [2.24, 2.45) is 0 Å². The molecule has 50 heavy (non-hydrogen) atoms. The molecule has 0 amide bonds. The topological polar surface area (TPSA) is 56.7 Å². The number of aromatic nitrogens is 4. The number of fused-ring (bicyclic) bond motifs is 6. The first-order valence-corrected chi connectivity index (χ1v) is 17.0. The SMILES string of the molecule is C1=CCCC(c2nc(-c3ccccc3)nc(-c3ccc4c(c3)oc3cccc(-c5ccc6c(c5)c5ccccc5n6-c5ccccc5)c34)n2)=C1. The van der Waals surface area contributed by atoms with Gasteiger partial charge < -0.3 is 8.98 Å². The second-order valence-electron chi connectivity index (χ2n) is 12.7. The van der Waals surface area contributed by atoms with Crippen LogP contribution < -0.4 is 0 Å². The van der Waals surface area contributed by atoms with Crippen molar-refractivity contribution in [1.82, 2.24) is 19.5 Å². The lowest BCUT2D eigenvalue weighted by Gasteiger charge is -2.11. The van der Waals surface area contributed by atoms with Crippen LogP contribution in [0.15, 0.2) is 162 Å². The van der Waals surface area contributed by atoms with E-state index in [-0.39, 0.29) is 0 Å². The lowest BCUT2D eigenvalue weighted by Crippen LogP contribution is -2.03. The molecule has 10 rings (SSSR count). The lowest BCUT2D eigenvalue weighted by atomic mass is 9.97. The summed E-state index contributed by atoms with van der Waals surface area (Å²) in [5.74, 6) is 2.01. The fraction of sp³-hybridized carbons (Fsp3) is 0.0444. The summed E-state index contributed by atoms with van der Waals surface area (Å²) < 4.78 is 8.91. The van der Waals surface area contributed by atoms with E-state index in [1.165, 1.54) is 21.8 Å². The summed E-state index contributed by atoms with van der Waals surface area (Å²) in [6, 6.07) is 48.8. The smallest absolute Gasteiger partial charge is 0.164 e. The Labute approximate surface area is 288 Å². The Hall–Kier alpha value is -6.59. The second-order valence-corrected chi connectivity index (χ2v) is 12.7. The highest BCUT2D eigenvalue weighted by Crippen LogP contribution is 2.41. The Balaban J connectivity index is 1.12. The van der Waals surface area contributed by atoms with Gasteiger partial charge in [0.25, 0.3) is 0 Å². The highest BCUT2D eigenvalue weighted by molar-refractivity contribution is 6.15. The van der Waals surface area contributed by atoms with Crippen molar-refractivity contribution in [2.45, 2.75) is 12.8 Å².